The van der Waals surface area contributed by atoms with E-state index >= 15 is 0 Å². The van der Waals surface area contributed by atoms with Gasteiger partial charge in [0.1, 0.15) is 0 Å². The molecule has 0 saturated carbocycles. The summed E-state index contributed by atoms with van der Waals surface area (Å²) in [5, 5.41) is 8.88. The maximum atomic E-state index is 10.8. The van der Waals surface area contributed by atoms with Crippen molar-refractivity contribution in [3.63, 3.8) is 0 Å². The Labute approximate surface area is 145 Å². The van der Waals surface area contributed by atoms with Crippen molar-refractivity contribution in [2.75, 3.05) is 26.3 Å². The van der Waals surface area contributed by atoms with Crippen LogP contribution in [0.2, 0.25) is 0 Å². The minimum atomic E-state index is -0.871. The molecule has 0 aromatic heterocycles. The molecule has 0 unspecified atom stereocenters. The molecule has 17 heavy (non-hydrogen) atoms. The summed E-state index contributed by atoms with van der Waals surface area (Å²) in [5.41, 5.74) is 1.40. The molecule has 0 bridgehead atoms. The van der Waals surface area contributed by atoms with Crippen molar-refractivity contribution in [2.24, 2.45) is 0 Å². The molecule has 1 fully saturated rings. The summed E-state index contributed by atoms with van der Waals surface area (Å²) in [6, 6.07) is 7.10. The normalized spacial score (nSPS) is 16.2. The molecule has 2 rings (SSSR count). The number of hydrogen-bond acceptors (Lipinski definition) is 3. The van der Waals surface area contributed by atoms with Gasteiger partial charge in [0, 0.05) is 19.6 Å². The number of hydrogen-bond donors (Lipinski definition) is 1. The van der Waals surface area contributed by atoms with E-state index in [4.69, 9.17) is 9.84 Å². The zero-order chi connectivity index (χ0) is 11.4. The Kier molecular flexibility index (Phi) is 6.87. The predicted octanol–water partition coefficient (Wildman–Crippen LogP) is -1.67. The number of carbonyl (C=O) groups is 1. The van der Waals surface area contributed by atoms with Crippen LogP contribution in [0.4, 0.5) is 0 Å². The molecule has 0 aliphatic carbocycles. The Morgan fingerprint density at radius 2 is 2.12 bits per heavy atom. The Morgan fingerprint density at radius 1 is 1.41 bits per heavy atom. The van der Waals surface area contributed by atoms with Crippen LogP contribution in [-0.2, 0) is 11.3 Å². The zero-order valence-corrected chi connectivity index (χ0v) is 13.2. The average molecular weight is 261 g/mol. The second kappa shape index (κ2) is 7.63. The average Bonchev–Trinajstić information content (AvgIpc) is 2.30. The molecule has 0 spiro atoms. The molecule has 0 amide bonds. The number of ether oxygens (including phenoxy) is 1. The summed E-state index contributed by atoms with van der Waals surface area (Å²) in [6.45, 7) is 4.15. The Hall–Kier alpha value is 0.246. The van der Waals surface area contributed by atoms with Gasteiger partial charge in [-0.25, -0.2) is 4.79 Å². The van der Waals surface area contributed by atoms with Gasteiger partial charge in [-0.15, -0.1) is 0 Å². The Balaban J connectivity index is 0.00000144. The van der Waals surface area contributed by atoms with Crippen LogP contribution in [0.25, 0.3) is 0 Å². The SMILES string of the molecule is O=C(O)c1cccc(CN2CCOCC2)c1.[H-].[K+]. The fourth-order valence-electron chi connectivity index (χ4n) is 1.82. The first-order chi connectivity index (χ1) is 7.75. The van der Waals surface area contributed by atoms with Crippen molar-refractivity contribution in [3.8, 4) is 0 Å². The van der Waals surface area contributed by atoms with Crippen LogP contribution in [0.1, 0.15) is 17.3 Å². The van der Waals surface area contributed by atoms with Crippen LogP contribution >= 0.6 is 0 Å². The van der Waals surface area contributed by atoms with Gasteiger partial charge >= 0.3 is 57.4 Å². The molecule has 1 aromatic rings. The van der Waals surface area contributed by atoms with E-state index in [1.807, 2.05) is 6.07 Å². The van der Waals surface area contributed by atoms with Crippen molar-refractivity contribution >= 4 is 5.97 Å². The van der Waals surface area contributed by atoms with Gasteiger partial charge in [-0.3, -0.25) is 4.90 Å². The number of morpholine rings is 1. The van der Waals surface area contributed by atoms with Gasteiger partial charge in [-0.2, -0.15) is 0 Å². The molecule has 1 aromatic carbocycles. The quantitative estimate of drug-likeness (QED) is 0.661. The monoisotopic (exact) mass is 261 g/mol. The van der Waals surface area contributed by atoms with Gasteiger partial charge in [-0.05, 0) is 17.7 Å². The minimum absolute atomic E-state index is 0. The van der Waals surface area contributed by atoms with E-state index in [2.05, 4.69) is 4.90 Å². The van der Waals surface area contributed by atoms with Gasteiger partial charge in [0.25, 0.3) is 0 Å². The van der Waals surface area contributed by atoms with Gasteiger partial charge in [0.15, 0.2) is 0 Å². The molecule has 0 radical (unpaired) electrons. The first-order valence-corrected chi connectivity index (χ1v) is 5.38. The van der Waals surface area contributed by atoms with E-state index in [1.165, 1.54) is 0 Å². The van der Waals surface area contributed by atoms with Crippen LogP contribution in [0.15, 0.2) is 24.3 Å². The fourth-order valence-corrected chi connectivity index (χ4v) is 1.82. The number of carboxylic acid groups (broad SMARTS) is 1. The summed E-state index contributed by atoms with van der Waals surface area (Å²) < 4.78 is 5.26. The maximum absolute atomic E-state index is 10.8. The third-order valence-corrected chi connectivity index (χ3v) is 2.68. The van der Waals surface area contributed by atoms with E-state index < -0.39 is 5.97 Å². The van der Waals surface area contributed by atoms with Gasteiger partial charge in [0.05, 0.1) is 18.8 Å². The number of rotatable bonds is 3. The van der Waals surface area contributed by atoms with E-state index in [0.29, 0.717) is 5.56 Å². The van der Waals surface area contributed by atoms with Gasteiger partial charge in [0.2, 0.25) is 0 Å². The summed E-state index contributed by atoms with van der Waals surface area (Å²) in [4.78, 5) is 13.1. The van der Waals surface area contributed by atoms with E-state index in [0.717, 1.165) is 38.4 Å². The fraction of sp³-hybridized carbons (Fsp3) is 0.417. The molecule has 4 nitrogen and oxygen atoms in total. The predicted molar refractivity (Wildman–Crippen MR) is 60.6 cm³/mol. The third-order valence-electron chi connectivity index (χ3n) is 2.68. The largest absolute Gasteiger partial charge is 1.00 e. The maximum Gasteiger partial charge on any atom is 1.00 e. The summed E-state index contributed by atoms with van der Waals surface area (Å²) in [6.07, 6.45) is 0. The second-order valence-electron chi connectivity index (χ2n) is 3.89. The molecular formula is C12H16KNO3. The number of nitrogens with zero attached hydrogens (tertiary/aromatic N) is 1. The second-order valence-corrected chi connectivity index (χ2v) is 3.89. The van der Waals surface area contributed by atoms with E-state index in [9.17, 15) is 4.79 Å². The Morgan fingerprint density at radius 3 is 2.76 bits per heavy atom. The molecule has 1 heterocycles. The molecule has 0 atom stereocenters. The molecule has 1 aliphatic heterocycles. The van der Waals surface area contributed by atoms with Crippen LogP contribution in [-0.4, -0.2) is 42.3 Å². The molecule has 1 saturated heterocycles. The standard InChI is InChI=1S/C12H15NO3.K.H/c14-12(15)11-3-1-2-10(8-11)9-13-4-6-16-7-5-13;;/h1-3,8H,4-7,9H2,(H,14,15);;/q;+1;-1. The number of carboxylic acids is 1. The summed E-state index contributed by atoms with van der Waals surface area (Å²) >= 11 is 0. The van der Waals surface area contributed by atoms with Crippen LogP contribution in [0.3, 0.4) is 0 Å². The van der Waals surface area contributed by atoms with Gasteiger partial charge < -0.3 is 11.3 Å². The molecular weight excluding hydrogens is 245 g/mol. The van der Waals surface area contributed by atoms with E-state index in [1.54, 1.807) is 18.2 Å². The van der Waals surface area contributed by atoms with E-state index in [-0.39, 0.29) is 52.8 Å². The smallest absolute Gasteiger partial charge is 1.00 e. The van der Waals surface area contributed by atoms with Gasteiger partial charge in [-0.1, -0.05) is 12.1 Å². The molecule has 88 valence electrons. The van der Waals surface area contributed by atoms with Crippen molar-refractivity contribution in [1.82, 2.24) is 4.90 Å². The first kappa shape index (κ1) is 15.3. The number of benzene rings is 1. The topological polar surface area (TPSA) is 49.8 Å². The van der Waals surface area contributed by atoms with Crippen LogP contribution < -0.4 is 51.4 Å². The van der Waals surface area contributed by atoms with Crippen molar-refractivity contribution in [3.05, 3.63) is 35.4 Å². The minimum Gasteiger partial charge on any atom is -1.00 e. The summed E-state index contributed by atoms with van der Waals surface area (Å²) in [7, 11) is 0. The number of aromatic carboxylic acids is 1. The van der Waals surface area contributed by atoms with Crippen molar-refractivity contribution in [1.29, 1.82) is 0 Å². The summed E-state index contributed by atoms with van der Waals surface area (Å²) in [5.74, 6) is -0.871. The first-order valence-electron chi connectivity index (χ1n) is 5.38. The molecule has 1 aliphatic rings. The molecule has 1 N–H and O–H groups in total. The zero-order valence-electron chi connectivity index (χ0n) is 11.1. The third kappa shape index (κ3) is 4.79. The Bertz CT molecular complexity index is 383. The van der Waals surface area contributed by atoms with Crippen molar-refractivity contribution in [2.45, 2.75) is 6.54 Å². The molecule has 5 heteroatoms. The van der Waals surface area contributed by atoms with Crippen LogP contribution in [0, 0.1) is 0 Å². The van der Waals surface area contributed by atoms with Crippen LogP contribution in [0.5, 0.6) is 0 Å². The van der Waals surface area contributed by atoms with Crippen molar-refractivity contribution < 1.29 is 67.4 Å².